The summed E-state index contributed by atoms with van der Waals surface area (Å²) in [6.45, 7) is 1.88. The summed E-state index contributed by atoms with van der Waals surface area (Å²) in [4.78, 5) is 12.4. The molecule has 0 radical (unpaired) electrons. The van der Waals surface area contributed by atoms with Crippen molar-refractivity contribution in [1.29, 1.82) is 0 Å². The minimum atomic E-state index is -0.631. The third kappa shape index (κ3) is 4.62. The van der Waals surface area contributed by atoms with E-state index < -0.39 is 6.10 Å². The second-order valence-corrected chi connectivity index (χ2v) is 6.05. The van der Waals surface area contributed by atoms with Gasteiger partial charge in [-0.05, 0) is 52.7 Å². The summed E-state index contributed by atoms with van der Waals surface area (Å²) in [5.74, 6) is 0.882. The van der Waals surface area contributed by atoms with Gasteiger partial charge in [-0.1, -0.05) is 30.7 Å². The summed E-state index contributed by atoms with van der Waals surface area (Å²) in [5.41, 5.74) is 0.616. The van der Waals surface area contributed by atoms with E-state index in [1.54, 1.807) is 37.4 Å². The molecule has 0 aliphatic rings. The second kappa shape index (κ2) is 8.22. The number of halogens is 2. The van der Waals surface area contributed by atoms with E-state index in [4.69, 9.17) is 21.1 Å². The molecule has 0 spiro atoms. The number of anilines is 1. The normalized spacial score (nSPS) is 11.7. The molecule has 0 heterocycles. The predicted octanol–water partition coefficient (Wildman–Crippen LogP) is 4.91. The number of rotatable bonds is 6. The minimum absolute atomic E-state index is 0.239. The van der Waals surface area contributed by atoms with E-state index >= 15 is 0 Å². The van der Waals surface area contributed by atoms with Crippen molar-refractivity contribution in [2.45, 2.75) is 19.4 Å². The van der Waals surface area contributed by atoms with Crippen LogP contribution in [0.15, 0.2) is 46.9 Å². The first kappa shape index (κ1) is 17.6. The van der Waals surface area contributed by atoms with Gasteiger partial charge in [0, 0.05) is 10.2 Å². The fourth-order valence-corrected chi connectivity index (χ4v) is 2.42. The van der Waals surface area contributed by atoms with Gasteiger partial charge in [0.05, 0.1) is 12.1 Å². The summed E-state index contributed by atoms with van der Waals surface area (Å²) in [6.07, 6.45) is -0.109. The molecular weight excluding hydrogens is 382 g/mol. The van der Waals surface area contributed by atoms with Crippen LogP contribution in [0.1, 0.15) is 13.3 Å². The van der Waals surface area contributed by atoms with Crippen LogP contribution >= 0.6 is 27.5 Å². The molecule has 0 unspecified atom stereocenters. The molecule has 0 saturated heterocycles. The van der Waals surface area contributed by atoms with Crippen LogP contribution < -0.4 is 14.8 Å². The third-order valence-electron chi connectivity index (χ3n) is 3.19. The number of para-hydroxylation sites is 2. The van der Waals surface area contributed by atoms with Gasteiger partial charge in [-0.15, -0.1) is 0 Å². The maximum Gasteiger partial charge on any atom is 0.265 e. The number of amides is 1. The van der Waals surface area contributed by atoms with Crippen LogP contribution in [0.2, 0.25) is 5.02 Å². The molecule has 0 fully saturated rings. The zero-order valence-corrected chi connectivity index (χ0v) is 15.1. The number of nitrogens with one attached hydrogen (secondary N) is 1. The Morgan fingerprint density at radius 2 is 1.96 bits per heavy atom. The Balaban J connectivity index is 2.10. The second-order valence-electron chi connectivity index (χ2n) is 4.78. The smallest absolute Gasteiger partial charge is 0.265 e. The van der Waals surface area contributed by atoms with E-state index in [-0.39, 0.29) is 5.91 Å². The van der Waals surface area contributed by atoms with Gasteiger partial charge < -0.3 is 14.8 Å². The van der Waals surface area contributed by atoms with Crippen molar-refractivity contribution < 1.29 is 14.3 Å². The summed E-state index contributed by atoms with van der Waals surface area (Å²) in [6, 6.07) is 12.5. The highest BCUT2D eigenvalue weighted by molar-refractivity contribution is 9.10. The van der Waals surface area contributed by atoms with Crippen LogP contribution in [-0.4, -0.2) is 19.1 Å². The first-order valence-corrected chi connectivity index (χ1v) is 8.27. The lowest BCUT2D eigenvalue weighted by molar-refractivity contribution is -0.122. The lowest BCUT2D eigenvalue weighted by Crippen LogP contribution is -2.32. The van der Waals surface area contributed by atoms with Crippen LogP contribution in [0.3, 0.4) is 0 Å². The van der Waals surface area contributed by atoms with Gasteiger partial charge in [-0.2, -0.15) is 0 Å². The monoisotopic (exact) mass is 397 g/mol. The molecule has 0 aromatic heterocycles. The zero-order chi connectivity index (χ0) is 16.8. The minimum Gasteiger partial charge on any atom is -0.493 e. The van der Waals surface area contributed by atoms with Gasteiger partial charge in [0.2, 0.25) is 0 Å². The first-order chi connectivity index (χ1) is 11.0. The van der Waals surface area contributed by atoms with E-state index in [1.165, 1.54) is 0 Å². The molecule has 1 atom stereocenters. The number of hydrogen-bond donors (Lipinski definition) is 1. The van der Waals surface area contributed by atoms with Crippen molar-refractivity contribution in [3.05, 3.63) is 52.0 Å². The van der Waals surface area contributed by atoms with Crippen LogP contribution in [0.4, 0.5) is 5.69 Å². The van der Waals surface area contributed by atoms with E-state index in [0.717, 1.165) is 4.47 Å². The van der Waals surface area contributed by atoms with Crippen molar-refractivity contribution in [3.8, 4) is 11.5 Å². The predicted molar refractivity (Wildman–Crippen MR) is 95.5 cm³/mol. The largest absolute Gasteiger partial charge is 0.493 e. The highest BCUT2D eigenvalue weighted by Crippen LogP contribution is 2.28. The molecular formula is C17H17BrClNO3. The Bertz CT molecular complexity index is 693. The SMILES string of the molecule is CC[C@H](Oc1ccccc1OC)C(=O)Nc1ccc(Br)c(Cl)c1. The van der Waals surface area contributed by atoms with Crippen LogP contribution in [0.25, 0.3) is 0 Å². The molecule has 1 N–H and O–H groups in total. The molecule has 0 aliphatic carbocycles. The van der Waals surface area contributed by atoms with Crippen molar-refractivity contribution in [2.75, 3.05) is 12.4 Å². The Labute approximate surface area is 148 Å². The summed E-state index contributed by atoms with van der Waals surface area (Å²) in [5, 5.41) is 3.34. The number of carbonyl (C=O) groups excluding carboxylic acids is 1. The standard InChI is InChI=1S/C17H17BrClNO3/c1-3-14(23-16-7-5-4-6-15(16)22-2)17(21)20-11-8-9-12(18)13(19)10-11/h4-10,14H,3H2,1-2H3,(H,20,21)/t14-/m0/s1. The van der Waals surface area contributed by atoms with E-state index in [0.29, 0.717) is 28.6 Å². The van der Waals surface area contributed by atoms with Crippen LogP contribution in [0, 0.1) is 0 Å². The maximum atomic E-state index is 12.4. The molecule has 23 heavy (non-hydrogen) atoms. The number of carbonyl (C=O) groups is 1. The number of ether oxygens (including phenoxy) is 2. The van der Waals surface area contributed by atoms with Crippen LogP contribution in [0.5, 0.6) is 11.5 Å². The summed E-state index contributed by atoms with van der Waals surface area (Å²) < 4.78 is 11.8. The third-order valence-corrected chi connectivity index (χ3v) is 4.42. The van der Waals surface area contributed by atoms with Gasteiger partial charge in [-0.3, -0.25) is 4.79 Å². The zero-order valence-electron chi connectivity index (χ0n) is 12.8. The topological polar surface area (TPSA) is 47.6 Å². The molecule has 0 bridgehead atoms. The van der Waals surface area contributed by atoms with Gasteiger partial charge in [0.15, 0.2) is 17.6 Å². The fraction of sp³-hybridized carbons (Fsp3) is 0.235. The van der Waals surface area contributed by atoms with Crippen molar-refractivity contribution >= 4 is 39.1 Å². The number of hydrogen-bond acceptors (Lipinski definition) is 3. The average Bonchev–Trinajstić information content (AvgIpc) is 2.56. The molecule has 2 rings (SSSR count). The maximum absolute atomic E-state index is 12.4. The Hall–Kier alpha value is -1.72. The van der Waals surface area contributed by atoms with E-state index in [1.807, 2.05) is 19.1 Å². The quantitative estimate of drug-likeness (QED) is 0.752. The molecule has 0 aliphatic heterocycles. The molecule has 122 valence electrons. The van der Waals surface area contributed by atoms with Gasteiger partial charge >= 0.3 is 0 Å². The Morgan fingerprint density at radius 1 is 1.26 bits per heavy atom. The lowest BCUT2D eigenvalue weighted by atomic mass is 10.2. The van der Waals surface area contributed by atoms with Crippen molar-refractivity contribution in [2.24, 2.45) is 0 Å². The van der Waals surface area contributed by atoms with E-state index in [2.05, 4.69) is 21.2 Å². The number of benzene rings is 2. The number of methoxy groups -OCH3 is 1. The van der Waals surface area contributed by atoms with Gasteiger partial charge in [-0.25, -0.2) is 0 Å². The Morgan fingerprint density at radius 3 is 2.57 bits per heavy atom. The van der Waals surface area contributed by atoms with Crippen molar-refractivity contribution in [3.63, 3.8) is 0 Å². The average molecular weight is 399 g/mol. The summed E-state index contributed by atoms with van der Waals surface area (Å²) in [7, 11) is 1.56. The molecule has 2 aromatic rings. The molecule has 0 saturated carbocycles. The summed E-state index contributed by atoms with van der Waals surface area (Å²) >= 11 is 9.35. The first-order valence-electron chi connectivity index (χ1n) is 7.10. The van der Waals surface area contributed by atoms with Crippen LogP contribution in [-0.2, 0) is 4.79 Å². The van der Waals surface area contributed by atoms with Gasteiger partial charge in [0.1, 0.15) is 0 Å². The molecule has 6 heteroatoms. The fourth-order valence-electron chi connectivity index (χ4n) is 1.99. The lowest BCUT2D eigenvalue weighted by Gasteiger charge is -2.19. The van der Waals surface area contributed by atoms with E-state index in [9.17, 15) is 4.79 Å². The molecule has 1 amide bonds. The van der Waals surface area contributed by atoms with Gasteiger partial charge in [0.25, 0.3) is 5.91 Å². The molecule has 4 nitrogen and oxygen atoms in total. The Kier molecular flexibility index (Phi) is 6.30. The highest BCUT2D eigenvalue weighted by atomic mass is 79.9. The molecule has 2 aromatic carbocycles. The highest BCUT2D eigenvalue weighted by Gasteiger charge is 2.20. The van der Waals surface area contributed by atoms with Crippen molar-refractivity contribution in [1.82, 2.24) is 0 Å².